The fourth-order valence-corrected chi connectivity index (χ4v) is 4.10. The lowest BCUT2D eigenvalue weighted by Crippen LogP contribution is -2.01. The van der Waals surface area contributed by atoms with Crippen LogP contribution in [0.4, 0.5) is 0 Å². The molecule has 32 heavy (non-hydrogen) atoms. The lowest BCUT2D eigenvalue weighted by Gasteiger charge is -2.12. The molecule has 8 nitrogen and oxygen atoms in total. The summed E-state index contributed by atoms with van der Waals surface area (Å²) in [6, 6.07) is 11.7. The van der Waals surface area contributed by atoms with Crippen molar-refractivity contribution in [3.8, 4) is 22.8 Å². The van der Waals surface area contributed by atoms with Crippen LogP contribution < -0.4 is 4.74 Å². The van der Waals surface area contributed by atoms with E-state index in [-0.39, 0.29) is 5.25 Å². The first-order chi connectivity index (χ1) is 15.7. The molecule has 9 heteroatoms. The Balaban J connectivity index is 1.66. The molecule has 4 rings (SSSR count). The van der Waals surface area contributed by atoms with E-state index in [1.165, 1.54) is 11.8 Å². The summed E-state index contributed by atoms with van der Waals surface area (Å²) in [6.45, 7) is 6.77. The monoisotopic (exact) mass is 450 g/mol. The van der Waals surface area contributed by atoms with Crippen LogP contribution in [-0.2, 0) is 6.42 Å². The van der Waals surface area contributed by atoms with Gasteiger partial charge in [-0.25, -0.2) is 0 Å². The van der Waals surface area contributed by atoms with E-state index in [1.54, 1.807) is 12.4 Å². The average molecular weight is 451 g/mol. The number of ether oxygens (including phenoxy) is 1. The molecule has 0 aliphatic heterocycles. The Morgan fingerprint density at radius 1 is 1.06 bits per heavy atom. The molecule has 3 heterocycles. The lowest BCUT2D eigenvalue weighted by atomic mass is 10.2. The second-order valence-electron chi connectivity index (χ2n) is 7.22. The number of thioether (sulfide) groups is 1. The first-order valence-electron chi connectivity index (χ1n) is 10.8. The van der Waals surface area contributed by atoms with Crippen molar-refractivity contribution in [3.63, 3.8) is 0 Å². The lowest BCUT2D eigenvalue weighted by molar-refractivity contribution is 0.340. The van der Waals surface area contributed by atoms with Gasteiger partial charge in [0.2, 0.25) is 5.89 Å². The molecule has 3 aromatic heterocycles. The maximum Gasteiger partial charge on any atom is 0.239 e. The summed E-state index contributed by atoms with van der Waals surface area (Å²) in [6.07, 6.45) is 6.46. The van der Waals surface area contributed by atoms with Gasteiger partial charge in [0.1, 0.15) is 5.75 Å². The molecule has 0 bridgehead atoms. The Kier molecular flexibility index (Phi) is 7.16. The SMILES string of the molecule is CCCCc1noc([C@@H](C)Sc2nnc(-c3ccncc3)n2-c2ccc(OCC)cc2)n1. The van der Waals surface area contributed by atoms with E-state index in [0.29, 0.717) is 12.5 Å². The number of hydrogen-bond acceptors (Lipinski definition) is 8. The summed E-state index contributed by atoms with van der Waals surface area (Å²) >= 11 is 1.53. The van der Waals surface area contributed by atoms with E-state index in [4.69, 9.17) is 9.26 Å². The molecule has 0 aliphatic carbocycles. The minimum Gasteiger partial charge on any atom is -0.494 e. The zero-order chi connectivity index (χ0) is 22.3. The molecule has 0 aliphatic rings. The summed E-state index contributed by atoms with van der Waals surface area (Å²) in [4.78, 5) is 8.68. The van der Waals surface area contributed by atoms with Crippen molar-refractivity contribution in [2.45, 2.75) is 50.4 Å². The Morgan fingerprint density at radius 2 is 1.84 bits per heavy atom. The van der Waals surface area contributed by atoms with Crippen molar-refractivity contribution in [2.24, 2.45) is 0 Å². The molecule has 1 aromatic carbocycles. The van der Waals surface area contributed by atoms with Crippen LogP contribution in [0.3, 0.4) is 0 Å². The number of rotatable bonds is 10. The largest absolute Gasteiger partial charge is 0.494 e. The van der Waals surface area contributed by atoms with Gasteiger partial charge in [-0.3, -0.25) is 9.55 Å². The maximum absolute atomic E-state index is 5.59. The smallest absolute Gasteiger partial charge is 0.239 e. The molecule has 1 atom stereocenters. The minimum atomic E-state index is -0.0752. The number of nitrogens with zero attached hydrogens (tertiary/aromatic N) is 6. The predicted octanol–water partition coefficient (Wildman–Crippen LogP) is 5.31. The van der Waals surface area contributed by atoms with Crippen molar-refractivity contribution in [2.75, 3.05) is 6.61 Å². The van der Waals surface area contributed by atoms with Crippen LogP contribution in [0.15, 0.2) is 58.5 Å². The summed E-state index contributed by atoms with van der Waals surface area (Å²) in [5, 5.41) is 13.7. The third-order valence-corrected chi connectivity index (χ3v) is 5.88. The van der Waals surface area contributed by atoms with Crippen LogP contribution in [0.2, 0.25) is 0 Å². The van der Waals surface area contributed by atoms with E-state index in [2.05, 4.69) is 32.2 Å². The third-order valence-electron chi connectivity index (χ3n) is 4.85. The van der Waals surface area contributed by atoms with Gasteiger partial charge >= 0.3 is 0 Å². The zero-order valence-electron chi connectivity index (χ0n) is 18.4. The summed E-state index contributed by atoms with van der Waals surface area (Å²) in [5.41, 5.74) is 1.87. The van der Waals surface area contributed by atoms with E-state index in [9.17, 15) is 0 Å². The quantitative estimate of drug-likeness (QED) is 0.300. The molecule has 166 valence electrons. The minimum absolute atomic E-state index is 0.0752. The highest BCUT2D eigenvalue weighted by atomic mass is 32.2. The van der Waals surface area contributed by atoms with Crippen LogP contribution in [-0.4, -0.2) is 36.5 Å². The second-order valence-corrected chi connectivity index (χ2v) is 8.52. The number of aryl methyl sites for hydroxylation is 1. The van der Waals surface area contributed by atoms with Gasteiger partial charge in [0.25, 0.3) is 0 Å². The molecule has 0 radical (unpaired) electrons. The Hall–Kier alpha value is -3.20. The average Bonchev–Trinajstić information content (AvgIpc) is 3.46. The van der Waals surface area contributed by atoms with Gasteiger partial charge < -0.3 is 9.26 Å². The van der Waals surface area contributed by atoms with Crippen LogP contribution >= 0.6 is 11.8 Å². The van der Waals surface area contributed by atoms with E-state index >= 15 is 0 Å². The molecule has 4 aromatic rings. The van der Waals surface area contributed by atoms with Crippen LogP contribution in [0, 0.1) is 0 Å². The fourth-order valence-electron chi connectivity index (χ4n) is 3.20. The Bertz CT molecular complexity index is 1130. The molecule has 0 fully saturated rings. The molecule has 0 spiro atoms. The summed E-state index contributed by atoms with van der Waals surface area (Å²) < 4.78 is 13.1. The number of benzene rings is 1. The van der Waals surface area contributed by atoms with Crippen molar-refractivity contribution in [1.82, 2.24) is 29.9 Å². The molecule has 0 saturated carbocycles. The van der Waals surface area contributed by atoms with Crippen LogP contribution in [0.5, 0.6) is 5.75 Å². The summed E-state index contributed by atoms with van der Waals surface area (Å²) in [7, 11) is 0. The molecular formula is C23H26N6O2S. The first-order valence-corrected chi connectivity index (χ1v) is 11.7. The molecular weight excluding hydrogens is 424 g/mol. The van der Waals surface area contributed by atoms with E-state index in [0.717, 1.165) is 53.1 Å². The number of hydrogen-bond donors (Lipinski definition) is 0. The fraction of sp³-hybridized carbons (Fsp3) is 0.348. The molecule has 0 unspecified atom stereocenters. The number of aromatic nitrogens is 6. The van der Waals surface area contributed by atoms with E-state index in [1.807, 2.05) is 54.8 Å². The van der Waals surface area contributed by atoms with Crippen molar-refractivity contribution in [3.05, 3.63) is 60.5 Å². The summed E-state index contributed by atoms with van der Waals surface area (Å²) in [5.74, 6) is 2.90. The van der Waals surface area contributed by atoms with Gasteiger partial charge in [-0.2, -0.15) is 4.98 Å². The number of unbranched alkanes of at least 4 members (excludes halogenated alkanes) is 1. The van der Waals surface area contributed by atoms with Crippen molar-refractivity contribution in [1.29, 1.82) is 0 Å². The topological polar surface area (TPSA) is 91.8 Å². The van der Waals surface area contributed by atoms with E-state index < -0.39 is 0 Å². The molecule has 0 amide bonds. The Labute approximate surface area is 191 Å². The second kappa shape index (κ2) is 10.4. The van der Waals surface area contributed by atoms with Crippen LogP contribution in [0.1, 0.15) is 50.6 Å². The van der Waals surface area contributed by atoms with Gasteiger partial charge in [0.15, 0.2) is 16.8 Å². The van der Waals surface area contributed by atoms with Gasteiger partial charge in [-0.15, -0.1) is 10.2 Å². The third kappa shape index (κ3) is 4.99. The van der Waals surface area contributed by atoms with Gasteiger partial charge in [0, 0.05) is 30.1 Å². The molecule has 0 N–H and O–H groups in total. The zero-order valence-corrected chi connectivity index (χ0v) is 19.2. The maximum atomic E-state index is 5.59. The highest BCUT2D eigenvalue weighted by Crippen LogP contribution is 2.36. The first kappa shape index (κ1) is 22.0. The predicted molar refractivity (Wildman–Crippen MR) is 123 cm³/mol. The van der Waals surface area contributed by atoms with Crippen LogP contribution in [0.25, 0.3) is 17.1 Å². The normalized spacial score (nSPS) is 12.1. The number of pyridine rings is 1. The van der Waals surface area contributed by atoms with Gasteiger partial charge in [0.05, 0.1) is 11.9 Å². The van der Waals surface area contributed by atoms with Crippen molar-refractivity contribution < 1.29 is 9.26 Å². The van der Waals surface area contributed by atoms with Gasteiger partial charge in [-0.05, 0) is 56.7 Å². The van der Waals surface area contributed by atoms with Crippen molar-refractivity contribution >= 4 is 11.8 Å². The highest BCUT2D eigenvalue weighted by Gasteiger charge is 2.22. The Morgan fingerprint density at radius 3 is 2.56 bits per heavy atom. The standard InChI is InChI=1S/C23H26N6O2S/c1-4-6-7-20-25-22(31-28-20)16(3)32-23-27-26-21(17-12-14-24-15-13-17)29(23)18-8-10-19(11-9-18)30-5-2/h8-16H,4-7H2,1-3H3/t16-/m1/s1. The highest BCUT2D eigenvalue weighted by molar-refractivity contribution is 7.99. The molecule has 0 saturated heterocycles. The van der Waals surface area contributed by atoms with Gasteiger partial charge in [-0.1, -0.05) is 30.3 Å².